The van der Waals surface area contributed by atoms with E-state index < -0.39 is 0 Å². The lowest BCUT2D eigenvalue weighted by Gasteiger charge is -2.09. The Morgan fingerprint density at radius 2 is 2.14 bits per heavy atom. The molecule has 4 heteroatoms. The average Bonchev–Trinajstić information content (AvgIpc) is 3.25. The number of rotatable bonds is 4. The molecule has 21 heavy (non-hydrogen) atoms. The van der Waals surface area contributed by atoms with Gasteiger partial charge in [-0.25, -0.2) is 9.97 Å². The van der Waals surface area contributed by atoms with Crippen molar-refractivity contribution < 1.29 is 4.74 Å². The van der Waals surface area contributed by atoms with Gasteiger partial charge in [0, 0.05) is 31.0 Å². The maximum Gasteiger partial charge on any atom is 0.133 e. The summed E-state index contributed by atoms with van der Waals surface area (Å²) in [5.74, 6) is 2.50. The van der Waals surface area contributed by atoms with E-state index in [2.05, 4.69) is 17.4 Å². The fraction of sp³-hybridized carbons (Fsp3) is 0.412. The van der Waals surface area contributed by atoms with Crippen LogP contribution in [-0.2, 0) is 19.5 Å². The molecule has 1 fully saturated rings. The van der Waals surface area contributed by atoms with E-state index in [1.165, 1.54) is 35.4 Å². The average molecular weight is 281 g/mol. The van der Waals surface area contributed by atoms with Crippen molar-refractivity contribution in [3.05, 3.63) is 52.6 Å². The predicted molar refractivity (Wildman–Crippen MR) is 80.4 cm³/mol. The highest BCUT2D eigenvalue weighted by Crippen LogP contribution is 2.41. The molecule has 4 rings (SSSR count). The Morgan fingerprint density at radius 3 is 2.95 bits per heavy atom. The molecule has 108 valence electrons. The number of hydrogen-bond donors (Lipinski definition) is 1. The number of fused-ring (bicyclic) bond motifs is 1. The molecule has 1 aromatic carbocycles. The van der Waals surface area contributed by atoms with Gasteiger partial charge in [0.05, 0.1) is 18.5 Å². The van der Waals surface area contributed by atoms with Crippen LogP contribution in [-0.4, -0.2) is 17.1 Å². The number of nitrogens with zero attached hydrogens (tertiary/aromatic N) is 2. The molecule has 2 aromatic rings. The first-order valence-electron chi connectivity index (χ1n) is 7.55. The van der Waals surface area contributed by atoms with Crippen molar-refractivity contribution in [3.8, 4) is 5.75 Å². The molecule has 0 radical (unpaired) electrons. The molecule has 1 aliphatic carbocycles. The number of ether oxygens (including phenoxy) is 1. The molecule has 0 amide bonds. The number of benzene rings is 1. The molecular formula is C17H19N3O. The summed E-state index contributed by atoms with van der Waals surface area (Å²) in [6.45, 7) is 1.81. The molecule has 2 aliphatic rings. The van der Waals surface area contributed by atoms with E-state index in [1.54, 1.807) is 7.11 Å². The van der Waals surface area contributed by atoms with E-state index in [0.29, 0.717) is 5.92 Å². The highest BCUT2D eigenvalue weighted by atomic mass is 16.5. The summed E-state index contributed by atoms with van der Waals surface area (Å²) in [5.41, 5.74) is 5.04. The van der Waals surface area contributed by atoms with Crippen LogP contribution in [0.3, 0.4) is 0 Å². The minimum atomic E-state index is 0.672. The Kier molecular flexibility index (Phi) is 3.11. The zero-order valence-electron chi connectivity index (χ0n) is 12.2. The van der Waals surface area contributed by atoms with Crippen molar-refractivity contribution >= 4 is 0 Å². The van der Waals surface area contributed by atoms with Crippen LogP contribution in [0.5, 0.6) is 5.75 Å². The van der Waals surface area contributed by atoms with Gasteiger partial charge in [-0.05, 0) is 30.5 Å². The van der Waals surface area contributed by atoms with Crippen molar-refractivity contribution in [3.63, 3.8) is 0 Å². The van der Waals surface area contributed by atoms with Crippen molar-refractivity contribution in [1.29, 1.82) is 0 Å². The summed E-state index contributed by atoms with van der Waals surface area (Å²) in [7, 11) is 1.70. The zero-order valence-corrected chi connectivity index (χ0v) is 12.2. The van der Waals surface area contributed by atoms with Crippen molar-refractivity contribution in [2.24, 2.45) is 0 Å². The van der Waals surface area contributed by atoms with Crippen LogP contribution in [0.2, 0.25) is 0 Å². The number of nitrogens with one attached hydrogen (secondary N) is 1. The van der Waals surface area contributed by atoms with Crippen LogP contribution in [0.4, 0.5) is 0 Å². The van der Waals surface area contributed by atoms with Gasteiger partial charge in [-0.15, -0.1) is 0 Å². The predicted octanol–water partition coefficient (Wildman–Crippen LogP) is 2.56. The van der Waals surface area contributed by atoms with Crippen molar-refractivity contribution in [1.82, 2.24) is 15.3 Å². The van der Waals surface area contributed by atoms with Gasteiger partial charge in [-0.2, -0.15) is 0 Å². The molecule has 1 N–H and O–H groups in total. The third kappa shape index (κ3) is 2.51. The van der Waals surface area contributed by atoms with E-state index in [0.717, 1.165) is 31.1 Å². The van der Waals surface area contributed by atoms with Gasteiger partial charge in [0.15, 0.2) is 0 Å². The van der Waals surface area contributed by atoms with Gasteiger partial charge in [0.1, 0.15) is 11.6 Å². The first kappa shape index (κ1) is 12.8. The first-order chi connectivity index (χ1) is 10.3. The van der Waals surface area contributed by atoms with Gasteiger partial charge >= 0.3 is 0 Å². The minimum Gasteiger partial charge on any atom is -0.497 e. The second kappa shape index (κ2) is 5.11. The van der Waals surface area contributed by atoms with E-state index >= 15 is 0 Å². The normalized spacial score (nSPS) is 16.8. The summed E-state index contributed by atoms with van der Waals surface area (Å²) in [4.78, 5) is 9.63. The van der Waals surface area contributed by atoms with Crippen molar-refractivity contribution in [2.45, 2.75) is 38.3 Å². The quantitative estimate of drug-likeness (QED) is 0.935. The monoisotopic (exact) mass is 281 g/mol. The van der Waals surface area contributed by atoms with Crippen LogP contribution in [0.15, 0.2) is 24.3 Å². The summed E-state index contributed by atoms with van der Waals surface area (Å²) in [5, 5.41) is 3.40. The number of methoxy groups -OCH3 is 1. The molecule has 4 nitrogen and oxygen atoms in total. The molecule has 0 spiro atoms. The standard InChI is InChI=1S/C17H19N3O/c1-21-13-4-2-3-11(7-13)8-16-19-15-10-18-9-14(15)17(20-16)12-5-6-12/h2-4,7,12,18H,5-6,8-10H2,1H3. The molecule has 0 atom stereocenters. The molecule has 0 bridgehead atoms. The zero-order chi connectivity index (χ0) is 14.2. The van der Waals surface area contributed by atoms with Gasteiger partial charge in [-0.3, -0.25) is 0 Å². The van der Waals surface area contributed by atoms with E-state index in [-0.39, 0.29) is 0 Å². The fourth-order valence-electron chi connectivity index (χ4n) is 2.99. The van der Waals surface area contributed by atoms with E-state index in [4.69, 9.17) is 14.7 Å². The molecule has 2 heterocycles. The smallest absolute Gasteiger partial charge is 0.133 e. The van der Waals surface area contributed by atoms with E-state index in [1.807, 2.05) is 12.1 Å². The maximum atomic E-state index is 5.29. The van der Waals surface area contributed by atoms with Crippen LogP contribution >= 0.6 is 0 Å². The summed E-state index contributed by atoms with van der Waals surface area (Å²) in [6.07, 6.45) is 3.33. The SMILES string of the molecule is COc1cccc(Cc2nc3c(c(C4CC4)n2)CNC3)c1. The molecule has 0 unspecified atom stereocenters. The van der Waals surface area contributed by atoms with Crippen LogP contribution in [0.25, 0.3) is 0 Å². The van der Waals surface area contributed by atoms with Gasteiger partial charge in [-0.1, -0.05) is 12.1 Å². The van der Waals surface area contributed by atoms with Crippen LogP contribution in [0.1, 0.15) is 47.1 Å². The summed E-state index contributed by atoms with van der Waals surface area (Å²) in [6, 6.07) is 8.15. The van der Waals surface area contributed by atoms with Crippen LogP contribution in [0, 0.1) is 0 Å². The third-order valence-corrected chi connectivity index (χ3v) is 4.23. The molecular weight excluding hydrogens is 262 g/mol. The Balaban J connectivity index is 1.67. The topological polar surface area (TPSA) is 47.0 Å². The van der Waals surface area contributed by atoms with E-state index in [9.17, 15) is 0 Å². The van der Waals surface area contributed by atoms with Gasteiger partial charge < -0.3 is 10.1 Å². The Hall–Kier alpha value is -1.94. The number of hydrogen-bond acceptors (Lipinski definition) is 4. The van der Waals surface area contributed by atoms with Crippen molar-refractivity contribution in [2.75, 3.05) is 7.11 Å². The molecule has 1 aromatic heterocycles. The Morgan fingerprint density at radius 1 is 1.24 bits per heavy atom. The third-order valence-electron chi connectivity index (χ3n) is 4.23. The highest BCUT2D eigenvalue weighted by molar-refractivity contribution is 5.35. The minimum absolute atomic E-state index is 0.672. The highest BCUT2D eigenvalue weighted by Gasteiger charge is 2.31. The largest absolute Gasteiger partial charge is 0.497 e. The summed E-state index contributed by atoms with van der Waals surface area (Å²) >= 11 is 0. The lowest BCUT2D eigenvalue weighted by Crippen LogP contribution is -2.06. The molecule has 0 saturated heterocycles. The first-order valence-corrected chi connectivity index (χ1v) is 7.55. The molecule has 1 aliphatic heterocycles. The van der Waals surface area contributed by atoms with Crippen LogP contribution < -0.4 is 10.1 Å². The van der Waals surface area contributed by atoms with Gasteiger partial charge in [0.2, 0.25) is 0 Å². The molecule has 1 saturated carbocycles. The number of aromatic nitrogens is 2. The summed E-state index contributed by atoms with van der Waals surface area (Å²) < 4.78 is 5.29. The van der Waals surface area contributed by atoms with Gasteiger partial charge in [0.25, 0.3) is 0 Å². The second-order valence-electron chi connectivity index (χ2n) is 5.86. The lowest BCUT2D eigenvalue weighted by molar-refractivity contribution is 0.414. The Labute approximate surface area is 124 Å². The second-order valence-corrected chi connectivity index (χ2v) is 5.86. The fourth-order valence-corrected chi connectivity index (χ4v) is 2.99. The Bertz CT molecular complexity index is 680. The maximum absolute atomic E-state index is 5.29. The lowest BCUT2D eigenvalue weighted by atomic mass is 10.1.